The molecule has 8 heterocycles. The summed E-state index contributed by atoms with van der Waals surface area (Å²) >= 11 is 0. The van der Waals surface area contributed by atoms with Crippen LogP contribution in [-0.4, -0.2) is 181 Å². The Kier molecular flexibility index (Phi) is 27.2. The summed E-state index contributed by atoms with van der Waals surface area (Å²) < 4.78 is 106. The van der Waals surface area contributed by atoms with Gasteiger partial charge in [-0.2, -0.15) is 5.26 Å². The van der Waals surface area contributed by atoms with Crippen LogP contribution in [0, 0.1) is 60.1 Å². The molecular formula is C79H83F2N9O16Si. The van der Waals surface area contributed by atoms with E-state index in [1.165, 1.54) is 42.5 Å². The van der Waals surface area contributed by atoms with Gasteiger partial charge in [0.25, 0.3) is 0 Å². The molecule has 0 aromatic heterocycles. The van der Waals surface area contributed by atoms with Gasteiger partial charge in [-0.3, -0.25) is 10.8 Å². The van der Waals surface area contributed by atoms with Crippen LogP contribution in [0.25, 0.3) is 19.4 Å². The molecule has 0 unspecified atom stereocenters. The molecule has 7 aromatic rings. The highest BCUT2D eigenvalue weighted by atomic mass is 28.4. The number of ether oxygens (including phenoxy) is 13. The van der Waals surface area contributed by atoms with Crippen LogP contribution in [0.3, 0.4) is 0 Å². The van der Waals surface area contributed by atoms with Crippen LogP contribution >= 0.6 is 0 Å². The van der Waals surface area contributed by atoms with Gasteiger partial charge in [0, 0.05) is 11.1 Å². The standard InChI is InChI=1S/C20H22N4O4.C20H16N2O4.C13H13NO4.C12H24O4Si.2C7H4FN/c21-19(22)11-4-6-13(7-5-11)27-15-9-25-18-16(10-26-17(15)18)28-14-3-1-2-12(8-14)20(23)24;1-22-14-5-7-15(8-6-14)25-17-11-23-20-18(12-24-19(17)20)26-16-4-2-3-13(9-16)10-21;1-14-8-2-4-9(5-3-8)18-11-7-17-12-10(15)6-16-13(11)12;1-12(2,3)17(4,5)16-9-7-15-10-8(13)6-14-11(9)10;1-9-7-4-2-6(8)3-5-7;1-9-7-4-2-3-6(8)5-7/h1-8,15-18H,9-10H2,(H3,21,22)(H3,23,24);2-9,17-20H,11-12H2;2-5,10-13,15H,6-7H2;8-11,13H,6-7H2,1-5H3;2*2-5H/t15-,16+,17-,18-;17-,18+,19-,20-;10-,11+,12+,13+;8-,9+,10-,11-;;/m1101../s1. The van der Waals surface area contributed by atoms with Crippen molar-refractivity contribution in [3.63, 3.8) is 0 Å². The fraction of sp³-hybridized carbons (Fsp3) is 0.380. The second kappa shape index (κ2) is 36.7. The van der Waals surface area contributed by atoms with E-state index in [4.69, 9.17) is 120 Å². The smallest absolute Gasteiger partial charge is 0.192 e. The van der Waals surface area contributed by atoms with Gasteiger partial charge in [-0.05, 0) is 121 Å². The molecule has 25 nitrogen and oxygen atoms in total. The topological polar surface area (TPSA) is 311 Å². The minimum Gasteiger partial charge on any atom is -0.485 e. The molecular weight excluding hydrogens is 1400 g/mol. The number of hydrogen-bond acceptors (Lipinski definition) is 19. The van der Waals surface area contributed by atoms with Gasteiger partial charge in [0.1, 0.15) is 113 Å². The molecule has 16 atom stereocenters. The molecule has 8 N–H and O–H groups in total. The Hall–Kier alpha value is -10.4. The Bertz CT molecular complexity index is 4360. The van der Waals surface area contributed by atoms with Crippen molar-refractivity contribution >= 4 is 42.7 Å². The Morgan fingerprint density at radius 3 is 1.17 bits per heavy atom. The normalized spacial score (nSPS) is 26.5. The minimum atomic E-state index is -1.79. The summed E-state index contributed by atoms with van der Waals surface area (Å²) in [5.74, 6) is 2.63. The Morgan fingerprint density at radius 1 is 0.430 bits per heavy atom. The van der Waals surface area contributed by atoms with Crippen LogP contribution in [0.5, 0.6) is 28.7 Å². The number of nitrogen functional groups attached to an aromatic ring is 2. The third-order valence-electron chi connectivity index (χ3n) is 18.7. The molecule has 8 aliphatic heterocycles. The van der Waals surface area contributed by atoms with Crippen LogP contribution in [0.1, 0.15) is 37.5 Å². The summed E-state index contributed by atoms with van der Waals surface area (Å²) in [5, 5.41) is 43.5. The fourth-order valence-corrected chi connectivity index (χ4v) is 13.4. The predicted octanol–water partition coefficient (Wildman–Crippen LogP) is 11.8. The van der Waals surface area contributed by atoms with E-state index in [0.29, 0.717) is 121 Å². The number of nitrogens with two attached hydrogens (primary N) is 2. The van der Waals surface area contributed by atoms with Crippen molar-refractivity contribution in [2.75, 3.05) is 52.9 Å². The number of aliphatic hydroxyl groups is 2. The van der Waals surface area contributed by atoms with E-state index in [0.717, 1.165) is 0 Å². The van der Waals surface area contributed by atoms with Crippen molar-refractivity contribution in [3.05, 3.63) is 244 Å². The van der Waals surface area contributed by atoms with Gasteiger partial charge in [-0.1, -0.05) is 87.5 Å². The second-order valence-corrected chi connectivity index (χ2v) is 31.9. The molecule has 28 heteroatoms. The van der Waals surface area contributed by atoms with E-state index >= 15 is 0 Å². The second-order valence-electron chi connectivity index (χ2n) is 27.1. The molecule has 0 saturated carbocycles. The molecule has 0 amide bonds. The highest BCUT2D eigenvalue weighted by Gasteiger charge is 2.54. The van der Waals surface area contributed by atoms with E-state index in [1.54, 1.807) is 115 Å². The van der Waals surface area contributed by atoms with Crippen LogP contribution in [0.2, 0.25) is 18.1 Å². The summed E-state index contributed by atoms with van der Waals surface area (Å²) in [6.07, 6.45) is -3.90. The molecule has 0 aliphatic carbocycles. The number of nitrogens with zero attached hydrogens (tertiary/aromatic N) is 5. The average molecular weight is 1480 g/mol. The molecule has 0 spiro atoms. The first-order chi connectivity index (χ1) is 51.4. The van der Waals surface area contributed by atoms with Gasteiger partial charge in [0.2, 0.25) is 0 Å². The van der Waals surface area contributed by atoms with Crippen molar-refractivity contribution in [1.29, 1.82) is 16.1 Å². The SMILES string of the molecule is CC(C)(C)[Si](C)(C)O[C@H]1CO[C@H]2[C@@H]1OC[C@H]2O.N=C(N)c1ccc(O[C@@H]2CO[C@H]3[C@@H]2OC[C@@H]3Oc2cccc(C(=N)N)c2)cc1.[C-]#[N+]c1ccc(F)cc1.[C-]#[N+]c1ccc(O[C@@H]2CO[C@H]3[C@@H]2OC[C@@H]3O)cc1.[C-]#[N+]c1ccc(O[C@@H]2CO[C@H]3[C@@H]2OC[C@@H]3Oc2cccc(C#N)c2)cc1.[C-]#[N+]c1cccc(F)c1. The van der Waals surface area contributed by atoms with E-state index in [2.05, 4.69) is 59.3 Å². The Labute approximate surface area is 620 Å². The largest absolute Gasteiger partial charge is 0.485 e. The van der Waals surface area contributed by atoms with Crippen molar-refractivity contribution in [2.24, 2.45) is 11.5 Å². The molecule has 8 saturated heterocycles. The van der Waals surface area contributed by atoms with E-state index in [9.17, 15) is 19.0 Å². The third-order valence-corrected chi connectivity index (χ3v) is 23.2. The van der Waals surface area contributed by atoms with Crippen molar-refractivity contribution < 1.29 is 85.0 Å². The number of hydrogen-bond donors (Lipinski definition) is 6. The van der Waals surface area contributed by atoms with Gasteiger partial charge in [-0.25, -0.2) is 28.2 Å². The highest BCUT2D eigenvalue weighted by Crippen LogP contribution is 2.41. The molecule has 0 bridgehead atoms. The van der Waals surface area contributed by atoms with Crippen molar-refractivity contribution in [1.82, 2.24) is 0 Å². The van der Waals surface area contributed by atoms with Crippen LogP contribution in [-0.2, 0) is 42.3 Å². The zero-order chi connectivity index (χ0) is 76.4. The number of benzene rings is 7. The van der Waals surface area contributed by atoms with Gasteiger partial charge < -0.3 is 87.7 Å². The van der Waals surface area contributed by atoms with Gasteiger partial charge in [-0.15, -0.1) is 0 Å². The zero-order valence-corrected chi connectivity index (χ0v) is 60.3. The maximum Gasteiger partial charge on any atom is 0.192 e. The summed E-state index contributed by atoms with van der Waals surface area (Å²) in [6, 6.07) is 48.2. The van der Waals surface area contributed by atoms with Crippen LogP contribution in [0.4, 0.5) is 31.5 Å². The molecule has 558 valence electrons. The van der Waals surface area contributed by atoms with Crippen LogP contribution in [0.15, 0.2) is 170 Å². The van der Waals surface area contributed by atoms with Crippen LogP contribution < -0.4 is 35.2 Å². The number of fused-ring (bicyclic) bond motifs is 4. The van der Waals surface area contributed by atoms with Gasteiger partial charge in [0.15, 0.2) is 61.6 Å². The summed E-state index contributed by atoms with van der Waals surface area (Å²) in [6.45, 7) is 41.2. The summed E-state index contributed by atoms with van der Waals surface area (Å²) in [4.78, 5) is 12.8. The molecule has 8 aliphatic rings. The number of aliphatic hydroxyl groups excluding tert-OH is 2. The average Bonchev–Trinajstić information content (AvgIpc) is 1.67. The highest BCUT2D eigenvalue weighted by molar-refractivity contribution is 6.74. The van der Waals surface area contributed by atoms with Crippen molar-refractivity contribution in [3.8, 4) is 34.8 Å². The minimum absolute atomic E-state index is 0.00706. The Balaban J connectivity index is 0.000000143. The summed E-state index contributed by atoms with van der Waals surface area (Å²) in [5.41, 5.74) is 14.8. The first kappa shape index (κ1) is 79.1. The monoisotopic (exact) mass is 1480 g/mol. The first-order valence-corrected chi connectivity index (χ1v) is 37.2. The van der Waals surface area contributed by atoms with E-state index < -0.39 is 20.5 Å². The lowest BCUT2D eigenvalue weighted by Crippen LogP contribution is -2.47. The number of amidine groups is 2. The van der Waals surface area contributed by atoms with Gasteiger partial charge in [0.05, 0.1) is 96.9 Å². The lowest BCUT2D eigenvalue weighted by atomic mass is 10.1. The predicted molar refractivity (Wildman–Crippen MR) is 391 cm³/mol. The number of halogens is 2. The number of rotatable bonds is 14. The number of nitriles is 1. The maximum atomic E-state index is 12.2. The number of nitrogens with one attached hydrogen (secondary N) is 2. The molecule has 107 heavy (non-hydrogen) atoms. The third kappa shape index (κ3) is 21.0. The molecule has 8 fully saturated rings. The lowest BCUT2D eigenvalue weighted by Gasteiger charge is -2.39. The molecule has 15 rings (SSSR count). The fourth-order valence-electron chi connectivity index (χ4n) is 12.1. The van der Waals surface area contributed by atoms with Gasteiger partial charge >= 0.3 is 0 Å². The quantitative estimate of drug-likeness (QED) is 0.0255. The Morgan fingerprint density at radius 2 is 0.776 bits per heavy atom. The van der Waals surface area contributed by atoms with E-state index in [-0.39, 0.29) is 114 Å². The first-order valence-electron chi connectivity index (χ1n) is 34.3. The zero-order valence-electron chi connectivity index (χ0n) is 59.3. The lowest BCUT2D eigenvalue weighted by molar-refractivity contribution is 0.00562. The van der Waals surface area contributed by atoms with Crippen molar-refractivity contribution in [2.45, 2.75) is 137 Å². The van der Waals surface area contributed by atoms with E-state index in [1.807, 2.05) is 12.1 Å². The summed E-state index contributed by atoms with van der Waals surface area (Å²) in [7, 11) is -1.79. The maximum absolute atomic E-state index is 12.2. The molecule has 0 radical (unpaired) electrons. The molecule has 7 aromatic carbocycles.